The molecule has 0 unspecified atom stereocenters. The Kier molecular flexibility index (Phi) is 10.2. The molecule has 0 saturated carbocycles. The molecule has 6 aromatic rings. The minimum Gasteiger partial charge on any atom is -0.465 e. The van der Waals surface area contributed by atoms with Gasteiger partial charge >= 0.3 is 11.9 Å². The lowest BCUT2D eigenvalue weighted by atomic mass is 9.84. The minimum absolute atomic E-state index is 0.0638. The number of hydrogen-bond acceptors (Lipinski definition) is 5. The van der Waals surface area contributed by atoms with E-state index in [1.54, 1.807) is 11.8 Å². The molecule has 0 radical (unpaired) electrons. The van der Waals surface area contributed by atoms with Gasteiger partial charge in [0.1, 0.15) is 13.2 Å². The van der Waals surface area contributed by atoms with Gasteiger partial charge in [-0.25, -0.2) is 0 Å². The minimum atomic E-state index is -0.741. The molecule has 0 N–H and O–H groups in total. The first-order valence-electron chi connectivity index (χ1n) is 17.0. The van der Waals surface area contributed by atoms with Gasteiger partial charge in [0.2, 0.25) is 0 Å². The maximum atomic E-state index is 13.9. The molecule has 248 valence electrons. The second-order valence-corrected chi connectivity index (χ2v) is 13.7. The first kappa shape index (κ1) is 33.1. The smallest absolute Gasteiger partial charge is 0.310 e. The maximum Gasteiger partial charge on any atom is 0.310 e. The molecule has 0 bridgehead atoms. The first-order chi connectivity index (χ1) is 24.6. The van der Waals surface area contributed by atoms with Gasteiger partial charge in [-0.1, -0.05) is 170 Å². The van der Waals surface area contributed by atoms with Crippen LogP contribution in [0.3, 0.4) is 0 Å². The van der Waals surface area contributed by atoms with E-state index in [-0.39, 0.29) is 25.6 Å². The van der Waals surface area contributed by atoms with Gasteiger partial charge in [-0.2, -0.15) is 0 Å². The van der Waals surface area contributed by atoms with Crippen LogP contribution in [0.1, 0.15) is 45.7 Å². The fourth-order valence-corrected chi connectivity index (χ4v) is 8.54. The van der Waals surface area contributed by atoms with Crippen LogP contribution in [0.5, 0.6) is 0 Å². The van der Waals surface area contributed by atoms with E-state index in [4.69, 9.17) is 9.47 Å². The number of thioether (sulfide) groups is 1. The molecule has 0 aromatic heterocycles. The molecule has 1 aliphatic carbocycles. The van der Waals surface area contributed by atoms with Crippen LogP contribution in [0, 0.1) is 5.92 Å². The number of carbonyl (C=O) groups is 2. The Morgan fingerprint density at radius 2 is 1.00 bits per heavy atom. The molecule has 0 fully saturated rings. The third-order valence-electron chi connectivity index (χ3n) is 9.39. The SMILES string of the molecule is O=C(C[C@@H](CSC(c1ccccc1)(c1ccccc1)c1ccccc1)C(=O)OCc1ccccc1)OCC1c2ccccc2-c2ccccc21. The van der Waals surface area contributed by atoms with E-state index in [9.17, 15) is 9.59 Å². The molecule has 0 saturated heterocycles. The van der Waals surface area contributed by atoms with Crippen LogP contribution in [0.2, 0.25) is 0 Å². The fourth-order valence-electron chi connectivity index (χ4n) is 6.93. The Morgan fingerprint density at radius 3 is 1.50 bits per heavy atom. The fraction of sp³-hybridized carbons (Fsp3) is 0.156. The largest absolute Gasteiger partial charge is 0.465 e. The molecule has 0 spiro atoms. The Hall–Kier alpha value is -5.39. The van der Waals surface area contributed by atoms with Crippen LogP contribution in [0.4, 0.5) is 0 Å². The summed E-state index contributed by atoms with van der Waals surface area (Å²) in [6.45, 7) is 0.334. The zero-order valence-electron chi connectivity index (χ0n) is 27.7. The molecule has 1 atom stereocenters. The lowest BCUT2D eigenvalue weighted by Crippen LogP contribution is -2.30. The van der Waals surface area contributed by atoms with Crippen LogP contribution < -0.4 is 0 Å². The summed E-state index contributed by atoms with van der Waals surface area (Å²) in [4.78, 5) is 27.6. The summed E-state index contributed by atoms with van der Waals surface area (Å²) in [5, 5.41) is 0. The summed E-state index contributed by atoms with van der Waals surface area (Å²) in [7, 11) is 0. The standard InChI is InChI=1S/C45H38O4S/c46-43(48-31-42-40-27-15-13-25-38(40)39-26-14-16-28-41(39)42)29-34(44(47)49-30-33-17-5-1-6-18-33)32-50-45(35-19-7-2-8-20-35,36-21-9-3-10-22-36)37-23-11-4-12-24-37/h1-28,34,42H,29-32H2/t34-/m0/s1. The first-order valence-corrected chi connectivity index (χ1v) is 18.0. The molecule has 7 rings (SSSR count). The van der Waals surface area contributed by atoms with Gasteiger partial charge in [0.15, 0.2) is 0 Å². The van der Waals surface area contributed by atoms with Crippen molar-refractivity contribution in [1.29, 1.82) is 0 Å². The van der Waals surface area contributed by atoms with Gasteiger partial charge in [0.25, 0.3) is 0 Å². The molecular weight excluding hydrogens is 637 g/mol. The quantitative estimate of drug-likeness (QED) is 0.0902. The molecule has 0 amide bonds. The van der Waals surface area contributed by atoms with Crippen molar-refractivity contribution in [2.45, 2.75) is 23.7 Å². The maximum absolute atomic E-state index is 13.9. The monoisotopic (exact) mass is 674 g/mol. The van der Waals surface area contributed by atoms with Crippen LogP contribution in [0.25, 0.3) is 11.1 Å². The van der Waals surface area contributed by atoms with Crippen LogP contribution in [-0.4, -0.2) is 24.3 Å². The number of fused-ring (bicyclic) bond motifs is 3. The molecule has 1 aliphatic rings. The lowest BCUT2D eigenvalue weighted by Gasteiger charge is -2.36. The van der Waals surface area contributed by atoms with Crippen molar-refractivity contribution in [1.82, 2.24) is 0 Å². The van der Waals surface area contributed by atoms with Crippen LogP contribution >= 0.6 is 11.8 Å². The summed E-state index contributed by atoms with van der Waals surface area (Å²) in [6, 6.07) is 57.2. The molecule has 0 aliphatic heterocycles. The van der Waals surface area contributed by atoms with E-state index in [2.05, 4.69) is 60.7 Å². The van der Waals surface area contributed by atoms with E-state index in [1.807, 2.05) is 109 Å². The summed E-state index contributed by atoms with van der Waals surface area (Å²) in [5.41, 5.74) is 8.77. The highest BCUT2D eigenvalue weighted by Gasteiger charge is 2.39. The van der Waals surface area contributed by atoms with E-state index < -0.39 is 22.6 Å². The van der Waals surface area contributed by atoms with Crippen LogP contribution in [0.15, 0.2) is 170 Å². The average molecular weight is 675 g/mol. The predicted octanol–water partition coefficient (Wildman–Crippen LogP) is 9.82. The van der Waals surface area contributed by atoms with Gasteiger partial charge in [-0.05, 0) is 44.5 Å². The molecule has 5 heteroatoms. The second kappa shape index (κ2) is 15.4. The number of carbonyl (C=O) groups excluding carboxylic acids is 2. The summed E-state index contributed by atoms with van der Waals surface area (Å²) >= 11 is 1.64. The van der Waals surface area contributed by atoms with Gasteiger partial charge in [0.05, 0.1) is 17.1 Å². The Labute approximate surface area is 298 Å². The van der Waals surface area contributed by atoms with Crippen molar-refractivity contribution < 1.29 is 19.1 Å². The average Bonchev–Trinajstić information content (AvgIpc) is 3.51. The second-order valence-electron chi connectivity index (χ2n) is 12.5. The highest BCUT2D eigenvalue weighted by Crippen LogP contribution is 2.49. The summed E-state index contributed by atoms with van der Waals surface area (Å²) in [5.74, 6) is -1.31. The van der Waals surface area contributed by atoms with Crippen molar-refractivity contribution in [3.63, 3.8) is 0 Å². The third kappa shape index (κ3) is 7.01. The number of ether oxygens (including phenoxy) is 2. The van der Waals surface area contributed by atoms with Crippen LogP contribution in [-0.2, 0) is 30.4 Å². The Morgan fingerprint density at radius 1 is 0.560 bits per heavy atom. The number of hydrogen-bond donors (Lipinski definition) is 0. The number of benzene rings is 6. The van der Waals surface area contributed by atoms with Gasteiger partial charge in [-0.15, -0.1) is 11.8 Å². The van der Waals surface area contributed by atoms with Gasteiger partial charge in [0, 0.05) is 11.7 Å². The van der Waals surface area contributed by atoms with Crippen molar-refractivity contribution in [2.24, 2.45) is 5.92 Å². The highest BCUT2D eigenvalue weighted by atomic mass is 32.2. The van der Waals surface area contributed by atoms with Crippen molar-refractivity contribution >= 4 is 23.7 Å². The van der Waals surface area contributed by atoms with E-state index in [1.165, 1.54) is 11.1 Å². The van der Waals surface area contributed by atoms with Gasteiger partial charge < -0.3 is 9.47 Å². The normalized spacial score (nSPS) is 12.8. The number of esters is 2. The summed E-state index contributed by atoms with van der Waals surface area (Å²) in [6.07, 6.45) is -0.0922. The van der Waals surface area contributed by atoms with Crippen molar-refractivity contribution in [3.05, 3.63) is 203 Å². The molecular formula is C45H38O4S. The van der Waals surface area contributed by atoms with Gasteiger partial charge in [-0.3, -0.25) is 9.59 Å². The predicted molar refractivity (Wildman–Crippen MR) is 201 cm³/mol. The van der Waals surface area contributed by atoms with E-state index >= 15 is 0 Å². The molecule has 4 nitrogen and oxygen atoms in total. The zero-order valence-corrected chi connectivity index (χ0v) is 28.5. The van der Waals surface area contributed by atoms with E-state index in [0.29, 0.717) is 5.75 Å². The molecule has 6 aromatic carbocycles. The zero-order chi connectivity index (χ0) is 34.2. The molecule has 0 heterocycles. The Bertz CT molecular complexity index is 1890. The van der Waals surface area contributed by atoms with Crippen molar-refractivity contribution in [2.75, 3.05) is 12.4 Å². The van der Waals surface area contributed by atoms with Crippen molar-refractivity contribution in [3.8, 4) is 11.1 Å². The third-order valence-corrected chi connectivity index (χ3v) is 11.1. The van der Waals surface area contributed by atoms with E-state index in [0.717, 1.165) is 33.4 Å². The summed E-state index contributed by atoms with van der Waals surface area (Å²) < 4.78 is 11.2. The lowest BCUT2D eigenvalue weighted by molar-refractivity contribution is -0.155. The molecule has 50 heavy (non-hydrogen) atoms. The Balaban J connectivity index is 1.16. The number of rotatable bonds is 13. The highest BCUT2D eigenvalue weighted by molar-refractivity contribution is 8.00. The topological polar surface area (TPSA) is 52.6 Å².